The second kappa shape index (κ2) is 5.24. The van der Waals surface area contributed by atoms with Crippen LogP contribution in [0, 0.1) is 11.8 Å². The molecule has 0 bridgehead atoms. The fourth-order valence-electron chi connectivity index (χ4n) is 3.04. The molecule has 0 aromatic heterocycles. The number of benzene rings is 1. The van der Waals surface area contributed by atoms with Gasteiger partial charge in [-0.3, -0.25) is 4.79 Å². The maximum Gasteiger partial charge on any atom is 0.225 e. The third-order valence-corrected chi connectivity index (χ3v) is 4.30. The normalized spacial score (nSPS) is 28.2. The zero-order valence-electron chi connectivity index (χ0n) is 11.5. The van der Waals surface area contributed by atoms with Crippen LogP contribution in [-0.4, -0.2) is 18.5 Å². The number of hydrogen-bond donors (Lipinski definition) is 2. The average molecular weight is 258 g/mol. The summed E-state index contributed by atoms with van der Waals surface area (Å²) in [6.45, 7) is 2.97. The minimum atomic E-state index is 0.0813. The molecular formula is C16H22N2O. The highest BCUT2D eigenvalue weighted by atomic mass is 16.2. The Balaban J connectivity index is 1.55. The van der Waals surface area contributed by atoms with E-state index in [2.05, 4.69) is 29.7 Å². The maximum atomic E-state index is 12.3. The van der Waals surface area contributed by atoms with Crippen LogP contribution in [0.25, 0.3) is 0 Å². The molecule has 3 atom stereocenters. The Morgan fingerprint density at radius 3 is 3.11 bits per heavy atom. The molecule has 102 valence electrons. The van der Waals surface area contributed by atoms with Gasteiger partial charge < -0.3 is 10.6 Å². The third kappa shape index (κ3) is 2.75. The van der Waals surface area contributed by atoms with Gasteiger partial charge in [-0.15, -0.1) is 0 Å². The van der Waals surface area contributed by atoms with Crippen molar-refractivity contribution in [3.8, 4) is 0 Å². The monoisotopic (exact) mass is 258 g/mol. The first-order valence-corrected chi connectivity index (χ1v) is 7.40. The van der Waals surface area contributed by atoms with Gasteiger partial charge >= 0.3 is 0 Å². The van der Waals surface area contributed by atoms with E-state index in [1.807, 2.05) is 12.1 Å². The van der Waals surface area contributed by atoms with E-state index < -0.39 is 0 Å². The van der Waals surface area contributed by atoms with Crippen molar-refractivity contribution in [1.29, 1.82) is 0 Å². The van der Waals surface area contributed by atoms with E-state index in [1.54, 1.807) is 0 Å². The summed E-state index contributed by atoms with van der Waals surface area (Å²) in [6.07, 6.45) is 4.50. The molecular weight excluding hydrogens is 236 g/mol. The van der Waals surface area contributed by atoms with E-state index in [-0.39, 0.29) is 11.8 Å². The summed E-state index contributed by atoms with van der Waals surface area (Å²) in [5, 5.41) is 6.57. The van der Waals surface area contributed by atoms with Crippen molar-refractivity contribution in [3.05, 3.63) is 29.8 Å². The molecule has 1 saturated carbocycles. The summed E-state index contributed by atoms with van der Waals surface area (Å²) in [4.78, 5) is 12.3. The fourth-order valence-corrected chi connectivity index (χ4v) is 3.04. The molecule has 1 aliphatic heterocycles. The molecule has 0 saturated heterocycles. The first-order valence-electron chi connectivity index (χ1n) is 7.40. The summed E-state index contributed by atoms with van der Waals surface area (Å²) in [6, 6.07) is 8.72. The lowest BCUT2D eigenvalue weighted by Gasteiger charge is -2.25. The quantitative estimate of drug-likeness (QED) is 0.871. The Hall–Kier alpha value is -1.51. The van der Waals surface area contributed by atoms with Gasteiger partial charge in [0.05, 0.1) is 5.92 Å². The van der Waals surface area contributed by atoms with Crippen LogP contribution in [0.2, 0.25) is 0 Å². The molecule has 3 heteroatoms. The SMILES string of the molecule is CCCC1CC1NC(=O)C1CNc2ccccc2C1. The Kier molecular flexibility index (Phi) is 3.45. The van der Waals surface area contributed by atoms with E-state index in [1.165, 1.54) is 30.5 Å². The third-order valence-electron chi connectivity index (χ3n) is 4.30. The number of amides is 1. The average Bonchev–Trinajstić information content (AvgIpc) is 3.16. The van der Waals surface area contributed by atoms with Crippen molar-refractivity contribution in [2.45, 2.75) is 38.6 Å². The van der Waals surface area contributed by atoms with Crippen LogP contribution in [0.5, 0.6) is 0 Å². The topological polar surface area (TPSA) is 41.1 Å². The largest absolute Gasteiger partial charge is 0.384 e. The van der Waals surface area contributed by atoms with Crippen LogP contribution >= 0.6 is 0 Å². The molecule has 1 aliphatic carbocycles. The van der Waals surface area contributed by atoms with E-state index in [0.717, 1.165) is 18.9 Å². The number of para-hydroxylation sites is 1. The van der Waals surface area contributed by atoms with Crippen molar-refractivity contribution in [2.24, 2.45) is 11.8 Å². The molecule has 19 heavy (non-hydrogen) atoms. The molecule has 3 rings (SSSR count). The van der Waals surface area contributed by atoms with E-state index in [9.17, 15) is 4.79 Å². The zero-order valence-corrected chi connectivity index (χ0v) is 11.5. The van der Waals surface area contributed by atoms with Crippen LogP contribution < -0.4 is 10.6 Å². The molecule has 1 aromatic rings. The smallest absolute Gasteiger partial charge is 0.225 e. The maximum absolute atomic E-state index is 12.3. The minimum absolute atomic E-state index is 0.0813. The predicted molar refractivity (Wildman–Crippen MR) is 77.1 cm³/mol. The Morgan fingerprint density at radius 2 is 2.26 bits per heavy atom. The summed E-state index contributed by atoms with van der Waals surface area (Å²) in [5.41, 5.74) is 2.44. The van der Waals surface area contributed by atoms with Crippen molar-refractivity contribution >= 4 is 11.6 Å². The highest BCUT2D eigenvalue weighted by Crippen LogP contribution is 2.35. The molecule has 2 aliphatic rings. The highest BCUT2D eigenvalue weighted by molar-refractivity contribution is 5.81. The van der Waals surface area contributed by atoms with Crippen molar-refractivity contribution in [3.63, 3.8) is 0 Å². The van der Waals surface area contributed by atoms with Crippen LogP contribution in [0.15, 0.2) is 24.3 Å². The van der Waals surface area contributed by atoms with Gasteiger partial charge in [-0.05, 0) is 36.8 Å². The molecule has 1 fully saturated rings. The Bertz CT molecular complexity index is 472. The number of rotatable bonds is 4. The molecule has 0 radical (unpaired) electrons. The molecule has 3 unspecified atom stereocenters. The summed E-state index contributed by atoms with van der Waals surface area (Å²) in [5.74, 6) is 1.04. The fraction of sp³-hybridized carbons (Fsp3) is 0.562. The van der Waals surface area contributed by atoms with Crippen molar-refractivity contribution in [2.75, 3.05) is 11.9 Å². The number of anilines is 1. The molecule has 2 N–H and O–H groups in total. The lowest BCUT2D eigenvalue weighted by molar-refractivity contribution is -0.124. The summed E-state index contributed by atoms with van der Waals surface area (Å²) >= 11 is 0. The van der Waals surface area contributed by atoms with E-state index in [4.69, 9.17) is 0 Å². The lowest BCUT2D eigenvalue weighted by atomic mass is 9.93. The Labute approximate surface area is 114 Å². The van der Waals surface area contributed by atoms with Gasteiger partial charge in [0.15, 0.2) is 0 Å². The van der Waals surface area contributed by atoms with Crippen LogP contribution in [-0.2, 0) is 11.2 Å². The van der Waals surface area contributed by atoms with Gasteiger partial charge in [0.1, 0.15) is 0 Å². The standard InChI is InChI=1S/C16H22N2O/c1-2-5-11-9-15(11)18-16(19)13-8-12-6-3-4-7-14(12)17-10-13/h3-4,6-7,11,13,15,17H,2,5,8-10H2,1H3,(H,18,19). The molecule has 1 amide bonds. The first kappa shape index (κ1) is 12.5. The molecule has 1 aromatic carbocycles. The number of nitrogens with one attached hydrogen (secondary N) is 2. The van der Waals surface area contributed by atoms with Crippen LogP contribution in [0.1, 0.15) is 31.7 Å². The van der Waals surface area contributed by atoms with Crippen molar-refractivity contribution in [1.82, 2.24) is 5.32 Å². The predicted octanol–water partition coefficient (Wildman–Crippen LogP) is 2.58. The van der Waals surface area contributed by atoms with Crippen molar-refractivity contribution < 1.29 is 4.79 Å². The lowest BCUT2D eigenvalue weighted by Crippen LogP contribution is -2.39. The van der Waals surface area contributed by atoms with Gasteiger partial charge in [-0.25, -0.2) is 0 Å². The molecule has 1 heterocycles. The zero-order chi connectivity index (χ0) is 13.2. The number of carbonyl (C=O) groups is 1. The van der Waals surface area contributed by atoms with Gasteiger partial charge in [0.25, 0.3) is 0 Å². The van der Waals surface area contributed by atoms with Gasteiger partial charge in [-0.1, -0.05) is 31.5 Å². The minimum Gasteiger partial charge on any atom is -0.384 e. The number of hydrogen-bond acceptors (Lipinski definition) is 2. The second-order valence-electron chi connectivity index (χ2n) is 5.84. The van der Waals surface area contributed by atoms with E-state index >= 15 is 0 Å². The second-order valence-corrected chi connectivity index (χ2v) is 5.84. The van der Waals surface area contributed by atoms with Crippen LogP contribution in [0.3, 0.4) is 0 Å². The highest BCUT2D eigenvalue weighted by Gasteiger charge is 2.38. The molecule has 3 nitrogen and oxygen atoms in total. The van der Waals surface area contributed by atoms with E-state index in [0.29, 0.717) is 6.04 Å². The Morgan fingerprint density at radius 1 is 1.42 bits per heavy atom. The van der Waals surface area contributed by atoms with Crippen LogP contribution in [0.4, 0.5) is 5.69 Å². The number of fused-ring (bicyclic) bond motifs is 1. The first-order chi connectivity index (χ1) is 9.28. The summed E-state index contributed by atoms with van der Waals surface area (Å²) < 4.78 is 0. The van der Waals surface area contributed by atoms with Gasteiger partial charge in [0, 0.05) is 18.3 Å². The van der Waals surface area contributed by atoms with Gasteiger partial charge in [0.2, 0.25) is 5.91 Å². The molecule has 0 spiro atoms. The summed E-state index contributed by atoms with van der Waals surface area (Å²) in [7, 11) is 0. The number of carbonyl (C=O) groups excluding carboxylic acids is 1. The van der Waals surface area contributed by atoms with Gasteiger partial charge in [-0.2, -0.15) is 0 Å².